The van der Waals surface area contributed by atoms with Gasteiger partial charge < -0.3 is 10.2 Å². The summed E-state index contributed by atoms with van der Waals surface area (Å²) in [5, 5.41) is 11.7. The number of aromatic nitrogens is 3. The molecule has 2 aliphatic rings. The van der Waals surface area contributed by atoms with Crippen molar-refractivity contribution in [2.45, 2.75) is 19.8 Å². The molecular formula is C18H25N7O2S. The van der Waals surface area contributed by atoms with Gasteiger partial charge >= 0.3 is 0 Å². The zero-order valence-electron chi connectivity index (χ0n) is 16.0. The van der Waals surface area contributed by atoms with Gasteiger partial charge in [-0.05, 0) is 49.6 Å². The van der Waals surface area contributed by atoms with Crippen LogP contribution in [0.2, 0.25) is 0 Å². The maximum Gasteiger partial charge on any atom is 0.282 e. The molecule has 0 aromatic carbocycles. The minimum Gasteiger partial charge on any atom is -0.352 e. The number of piperazine rings is 1. The third kappa shape index (κ3) is 4.08. The number of rotatable bonds is 5. The molecule has 2 aliphatic heterocycles. The molecule has 2 saturated heterocycles. The molecule has 0 aliphatic carbocycles. The maximum absolute atomic E-state index is 12.7. The van der Waals surface area contributed by atoms with Crippen molar-refractivity contribution in [3.63, 3.8) is 0 Å². The van der Waals surface area contributed by atoms with E-state index in [1.54, 1.807) is 14.8 Å². The molecule has 0 saturated carbocycles. The van der Waals surface area contributed by atoms with E-state index in [0.717, 1.165) is 30.0 Å². The second-order valence-corrected chi connectivity index (χ2v) is 9.05. The molecule has 0 unspecified atom stereocenters. The molecule has 9 nitrogen and oxygen atoms in total. The summed E-state index contributed by atoms with van der Waals surface area (Å²) in [6.07, 6.45) is 3.65. The van der Waals surface area contributed by atoms with E-state index in [-0.39, 0.29) is 0 Å². The van der Waals surface area contributed by atoms with Crippen molar-refractivity contribution >= 4 is 27.7 Å². The van der Waals surface area contributed by atoms with Crippen LogP contribution in [0.1, 0.15) is 18.4 Å². The summed E-state index contributed by atoms with van der Waals surface area (Å²) in [4.78, 5) is 6.32. The lowest BCUT2D eigenvalue weighted by Crippen LogP contribution is -2.52. The molecule has 2 aromatic heterocycles. The molecule has 4 heterocycles. The van der Waals surface area contributed by atoms with Gasteiger partial charge in [0.1, 0.15) is 5.82 Å². The molecule has 150 valence electrons. The van der Waals surface area contributed by atoms with Crippen molar-refractivity contribution in [2.24, 2.45) is 0 Å². The standard InChI is InChI=1S/C18H25N7O2S/c1-15-6-7-19-17(14-15)20-16-4-5-18(22-21-16)23-10-12-25(13-11-23)28(26,27)24-8-2-3-9-24/h4-7,14H,2-3,8-13H2,1H3,(H,19,20,21). The van der Waals surface area contributed by atoms with Gasteiger partial charge in [0.25, 0.3) is 10.2 Å². The second-order valence-electron chi connectivity index (χ2n) is 7.12. The fourth-order valence-electron chi connectivity index (χ4n) is 3.53. The first-order chi connectivity index (χ1) is 13.5. The number of nitrogens with zero attached hydrogens (tertiary/aromatic N) is 6. The number of aryl methyl sites for hydroxylation is 1. The summed E-state index contributed by atoms with van der Waals surface area (Å²) >= 11 is 0. The monoisotopic (exact) mass is 403 g/mol. The van der Waals surface area contributed by atoms with Gasteiger partial charge in [-0.2, -0.15) is 17.0 Å². The SMILES string of the molecule is Cc1ccnc(Nc2ccc(N3CCN(S(=O)(=O)N4CCCC4)CC3)nn2)c1. The Bertz CT molecular complexity index is 906. The second kappa shape index (κ2) is 7.98. The number of hydrogen-bond acceptors (Lipinski definition) is 7. The summed E-state index contributed by atoms with van der Waals surface area (Å²) in [6, 6.07) is 7.63. The lowest BCUT2D eigenvalue weighted by atomic mass is 10.3. The van der Waals surface area contributed by atoms with Crippen LogP contribution in [-0.2, 0) is 10.2 Å². The van der Waals surface area contributed by atoms with Gasteiger partial charge in [-0.1, -0.05) is 0 Å². The third-order valence-electron chi connectivity index (χ3n) is 5.10. The average Bonchev–Trinajstić information content (AvgIpc) is 3.25. The number of pyridine rings is 1. The van der Waals surface area contributed by atoms with Crippen LogP contribution >= 0.6 is 0 Å². The van der Waals surface area contributed by atoms with Crippen LogP contribution in [0.15, 0.2) is 30.5 Å². The molecule has 2 aromatic rings. The maximum atomic E-state index is 12.7. The van der Waals surface area contributed by atoms with E-state index in [2.05, 4.69) is 25.4 Å². The van der Waals surface area contributed by atoms with Gasteiger partial charge in [0, 0.05) is 45.5 Å². The van der Waals surface area contributed by atoms with Crippen molar-refractivity contribution in [2.75, 3.05) is 49.5 Å². The molecule has 28 heavy (non-hydrogen) atoms. The quantitative estimate of drug-likeness (QED) is 0.806. The normalized spacial score (nSPS) is 19.1. The fraction of sp³-hybridized carbons (Fsp3) is 0.500. The summed E-state index contributed by atoms with van der Waals surface area (Å²) in [6.45, 7) is 5.42. The number of hydrogen-bond donors (Lipinski definition) is 1. The minimum absolute atomic E-state index is 0.466. The van der Waals surface area contributed by atoms with Crippen molar-refractivity contribution in [1.29, 1.82) is 0 Å². The van der Waals surface area contributed by atoms with Crippen LogP contribution in [0.25, 0.3) is 0 Å². The lowest BCUT2D eigenvalue weighted by Gasteiger charge is -2.36. The molecule has 0 radical (unpaired) electrons. The highest BCUT2D eigenvalue weighted by Gasteiger charge is 2.33. The molecule has 4 rings (SSSR count). The van der Waals surface area contributed by atoms with Crippen molar-refractivity contribution in [3.8, 4) is 0 Å². The largest absolute Gasteiger partial charge is 0.352 e. The van der Waals surface area contributed by atoms with E-state index < -0.39 is 10.2 Å². The molecule has 0 bridgehead atoms. The van der Waals surface area contributed by atoms with Crippen LogP contribution in [0, 0.1) is 6.92 Å². The Balaban J connectivity index is 1.36. The summed E-state index contributed by atoms with van der Waals surface area (Å²) < 4.78 is 28.5. The molecule has 0 spiro atoms. The van der Waals surface area contributed by atoms with Crippen LogP contribution in [0.5, 0.6) is 0 Å². The highest BCUT2D eigenvalue weighted by molar-refractivity contribution is 7.86. The molecule has 10 heteroatoms. The Labute approximate surface area is 165 Å². The molecule has 0 amide bonds. The molecule has 1 N–H and O–H groups in total. The summed E-state index contributed by atoms with van der Waals surface area (Å²) in [5.74, 6) is 2.10. The van der Waals surface area contributed by atoms with Gasteiger partial charge in [-0.3, -0.25) is 0 Å². The first kappa shape index (κ1) is 19.0. The zero-order chi connectivity index (χ0) is 19.6. The van der Waals surface area contributed by atoms with E-state index in [4.69, 9.17) is 0 Å². The van der Waals surface area contributed by atoms with Gasteiger partial charge in [0.05, 0.1) is 0 Å². The topological polar surface area (TPSA) is 94.6 Å². The summed E-state index contributed by atoms with van der Waals surface area (Å²) in [5.41, 5.74) is 1.11. The Hall–Kier alpha value is -2.30. The molecular weight excluding hydrogens is 378 g/mol. The fourth-order valence-corrected chi connectivity index (χ4v) is 5.20. The third-order valence-corrected chi connectivity index (χ3v) is 7.14. The van der Waals surface area contributed by atoms with Crippen LogP contribution in [0.3, 0.4) is 0 Å². The average molecular weight is 404 g/mol. The highest BCUT2D eigenvalue weighted by Crippen LogP contribution is 2.21. The highest BCUT2D eigenvalue weighted by atomic mass is 32.2. The lowest BCUT2D eigenvalue weighted by molar-refractivity contribution is 0.343. The Kier molecular flexibility index (Phi) is 5.42. The van der Waals surface area contributed by atoms with Gasteiger partial charge in [-0.15, -0.1) is 10.2 Å². The first-order valence-electron chi connectivity index (χ1n) is 9.56. The van der Waals surface area contributed by atoms with E-state index in [1.165, 1.54) is 0 Å². The Morgan fingerprint density at radius 3 is 2.25 bits per heavy atom. The van der Waals surface area contributed by atoms with Gasteiger partial charge in [0.2, 0.25) is 0 Å². The first-order valence-corrected chi connectivity index (χ1v) is 11.0. The van der Waals surface area contributed by atoms with Crippen LogP contribution < -0.4 is 10.2 Å². The van der Waals surface area contributed by atoms with Crippen molar-refractivity contribution in [1.82, 2.24) is 23.8 Å². The minimum atomic E-state index is -3.33. The van der Waals surface area contributed by atoms with Crippen molar-refractivity contribution < 1.29 is 8.42 Å². The number of nitrogens with one attached hydrogen (secondary N) is 1. The predicted molar refractivity (Wildman–Crippen MR) is 108 cm³/mol. The van der Waals surface area contributed by atoms with Crippen LogP contribution in [0.4, 0.5) is 17.5 Å². The molecule has 2 fully saturated rings. The molecule has 0 atom stereocenters. The van der Waals surface area contributed by atoms with E-state index in [1.807, 2.05) is 31.2 Å². The van der Waals surface area contributed by atoms with E-state index in [0.29, 0.717) is 45.1 Å². The van der Waals surface area contributed by atoms with Crippen molar-refractivity contribution in [3.05, 3.63) is 36.0 Å². The van der Waals surface area contributed by atoms with Crippen LogP contribution in [-0.4, -0.2) is 71.5 Å². The Morgan fingerprint density at radius 1 is 0.893 bits per heavy atom. The van der Waals surface area contributed by atoms with E-state index in [9.17, 15) is 8.42 Å². The van der Waals surface area contributed by atoms with Gasteiger partial charge in [0.15, 0.2) is 11.6 Å². The number of anilines is 3. The predicted octanol–water partition coefficient (Wildman–Crippen LogP) is 1.39. The summed E-state index contributed by atoms with van der Waals surface area (Å²) in [7, 11) is -3.33. The van der Waals surface area contributed by atoms with E-state index >= 15 is 0 Å². The smallest absolute Gasteiger partial charge is 0.282 e. The zero-order valence-corrected chi connectivity index (χ0v) is 16.8. The Morgan fingerprint density at radius 2 is 1.61 bits per heavy atom. The van der Waals surface area contributed by atoms with Gasteiger partial charge in [-0.25, -0.2) is 4.98 Å².